The lowest BCUT2D eigenvalue weighted by Crippen LogP contribution is -2.38. The smallest absolute Gasteiger partial charge is 0.293 e. The normalized spacial score (nSPS) is 19.8. The van der Waals surface area contributed by atoms with Crippen LogP contribution < -0.4 is 11.3 Å². The van der Waals surface area contributed by atoms with E-state index in [9.17, 15) is 10.1 Å². The van der Waals surface area contributed by atoms with E-state index in [4.69, 9.17) is 5.84 Å². The first-order valence-corrected chi connectivity index (χ1v) is 7.13. The standard InChI is InChI=1S/C14H22N4O2/c1-2-12-5-3-4-8-17(12)10-11-6-7-14(18(19)20)13(9-11)16-15/h6-7,9,12,16H,2-5,8,10,15H2,1H3. The molecule has 0 radical (unpaired) electrons. The average molecular weight is 278 g/mol. The molecule has 1 fully saturated rings. The number of hydrazine groups is 1. The van der Waals surface area contributed by atoms with Gasteiger partial charge in [0.05, 0.1) is 4.92 Å². The van der Waals surface area contributed by atoms with Crippen LogP contribution in [-0.2, 0) is 6.54 Å². The first kappa shape index (κ1) is 14.7. The largest absolute Gasteiger partial charge is 0.318 e. The van der Waals surface area contributed by atoms with Gasteiger partial charge in [-0.15, -0.1) is 0 Å². The van der Waals surface area contributed by atoms with Crippen molar-refractivity contribution in [3.05, 3.63) is 33.9 Å². The van der Waals surface area contributed by atoms with Crippen molar-refractivity contribution in [1.82, 2.24) is 4.90 Å². The monoisotopic (exact) mass is 278 g/mol. The van der Waals surface area contributed by atoms with Gasteiger partial charge in [0, 0.05) is 18.7 Å². The lowest BCUT2D eigenvalue weighted by molar-refractivity contribution is -0.384. The Labute approximate surface area is 119 Å². The summed E-state index contributed by atoms with van der Waals surface area (Å²) in [7, 11) is 0. The zero-order chi connectivity index (χ0) is 14.5. The molecule has 1 aromatic rings. The highest BCUT2D eigenvalue weighted by Crippen LogP contribution is 2.27. The quantitative estimate of drug-likeness (QED) is 0.491. The topological polar surface area (TPSA) is 84.4 Å². The molecular weight excluding hydrogens is 256 g/mol. The Kier molecular flexibility index (Phi) is 4.92. The number of nitrogens with two attached hydrogens (primary N) is 1. The number of nitro benzene ring substituents is 1. The second-order valence-corrected chi connectivity index (χ2v) is 5.28. The minimum atomic E-state index is -0.422. The van der Waals surface area contributed by atoms with E-state index >= 15 is 0 Å². The van der Waals surface area contributed by atoms with Gasteiger partial charge in [0.25, 0.3) is 5.69 Å². The molecule has 6 nitrogen and oxygen atoms in total. The maximum atomic E-state index is 10.9. The third-order valence-electron chi connectivity index (χ3n) is 4.02. The summed E-state index contributed by atoms with van der Waals surface area (Å²) in [5.41, 5.74) is 3.87. The number of nitrogens with zero attached hydrogens (tertiary/aromatic N) is 2. The van der Waals surface area contributed by atoms with Gasteiger partial charge in [0.1, 0.15) is 5.69 Å². The summed E-state index contributed by atoms with van der Waals surface area (Å²) in [5, 5.41) is 10.9. The van der Waals surface area contributed by atoms with Crippen molar-refractivity contribution in [2.45, 2.75) is 45.2 Å². The van der Waals surface area contributed by atoms with Crippen molar-refractivity contribution in [2.24, 2.45) is 5.84 Å². The van der Waals surface area contributed by atoms with E-state index in [1.54, 1.807) is 6.07 Å². The third-order valence-corrected chi connectivity index (χ3v) is 4.02. The molecule has 110 valence electrons. The number of hydrogen-bond acceptors (Lipinski definition) is 5. The first-order valence-electron chi connectivity index (χ1n) is 7.13. The predicted octanol–water partition coefficient (Wildman–Crippen LogP) is 2.64. The first-order chi connectivity index (χ1) is 9.65. The molecule has 0 bridgehead atoms. The van der Waals surface area contributed by atoms with Crippen LogP contribution in [-0.4, -0.2) is 22.4 Å². The van der Waals surface area contributed by atoms with Gasteiger partial charge in [-0.2, -0.15) is 0 Å². The zero-order valence-corrected chi connectivity index (χ0v) is 11.8. The van der Waals surface area contributed by atoms with E-state index in [1.165, 1.54) is 25.3 Å². The van der Waals surface area contributed by atoms with Gasteiger partial charge < -0.3 is 5.43 Å². The molecule has 0 spiro atoms. The lowest BCUT2D eigenvalue weighted by atomic mass is 9.99. The molecule has 1 heterocycles. The molecule has 20 heavy (non-hydrogen) atoms. The third kappa shape index (κ3) is 3.26. The van der Waals surface area contributed by atoms with E-state index in [0.29, 0.717) is 11.7 Å². The van der Waals surface area contributed by atoms with E-state index in [1.807, 2.05) is 6.07 Å². The molecule has 1 saturated heterocycles. The highest BCUT2D eigenvalue weighted by Gasteiger charge is 2.21. The van der Waals surface area contributed by atoms with Gasteiger partial charge >= 0.3 is 0 Å². The fourth-order valence-electron chi connectivity index (χ4n) is 2.92. The van der Waals surface area contributed by atoms with E-state index < -0.39 is 4.92 Å². The fraction of sp³-hybridized carbons (Fsp3) is 0.571. The minimum absolute atomic E-state index is 0.0157. The number of rotatable bonds is 5. The van der Waals surface area contributed by atoms with E-state index in [0.717, 1.165) is 25.1 Å². The maximum absolute atomic E-state index is 10.9. The predicted molar refractivity (Wildman–Crippen MR) is 79.2 cm³/mol. The zero-order valence-electron chi connectivity index (χ0n) is 11.8. The molecule has 1 aliphatic rings. The molecule has 6 heteroatoms. The van der Waals surface area contributed by atoms with Crippen molar-refractivity contribution in [2.75, 3.05) is 12.0 Å². The average Bonchev–Trinajstić information content (AvgIpc) is 2.47. The highest BCUT2D eigenvalue weighted by atomic mass is 16.6. The number of nitrogens with one attached hydrogen (secondary N) is 1. The Morgan fingerprint density at radius 3 is 2.95 bits per heavy atom. The number of piperidine rings is 1. The molecule has 1 aliphatic heterocycles. The van der Waals surface area contributed by atoms with Crippen LogP contribution in [0.25, 0.3) is 0 Å². The van der Waals surface area contributed by atoms with Crippen molar-refractivity contribution in [3.8, 4) is 0 Å². The minimum Gasteiger partial charge on any atom is -0.318 e. The van der Waals surface area contributed by atoms with Gasteiger partial charge in [-0.05, 0) is 37.4 Å². The summed E-state index contributed by atoms with van der Waals surface area (Å²) in [6.07, 6.45) is 4.91. The Morgan fingerprint density at radius 2 is 2.30 bits per heavy atom. The van der Waals surface area contributed by atoms with Crippen LogP contribution >= 0.6 is 0 Å². The molecule has 2 rings (SSSR count). The molecule has 0 amide bonds. The molecule has 1 aromatic carbocycles. The van der Waals surface area contributed by atoms with Crippen LogP contribution in [0, 0.1) is 10.1 Å². The van der Waals surface area contributed by atoms with Crippen LogP contribution in [0.15, 0.2) is 18.2 Å². The van der Waals surface area contributed by atoms with E-state index in [2.05, 4.69) is 17.2 Å². The number of likely N-dealkylation sites (tertiary alicyclic amines) is 1. The van der Waals surface area contributed by atoms with Crippen LogP contribution in [0.5, 0.6) is 0 Å². The molecule has 1 atom stereocenters. The van der Waals surface area contributed by atoms with Crippen LogP contribution in [0.3, 0.4) is 0 Å². The Bertz CT molecular complexity index is 478. The van der Waals surface area contributed by atoms with Crippen molar-refractivity contribution < 1.29 is 4.92 Å². The van der Waals surface area contributed by atoms with Crippen LogP contribution in [0.1, 0.15) is 38.2 Å². The van der Waals surface area contributed by atoms with Crippen LogP contribution in [0.2, 0.25) is 0 Å². The van der Waals surface area contributed by atoms with Crippen LogP contribution in [0.4, 0.5) is 11.4 Å². The molecule has 3 N–H and O–H groups in total. The molecule has 0 aromatic heterocycles. The number of nitro groups is 1. The Balaban J connectivity index is 2.14. The molecule has 0 aliphatic carbocycles. The maximum Gasteiger partial charge on any atom is 0.293 e. The van der Waals surface area contributed by atoms with Crippen molar-refractivity contribution in [1.29, 1.82) is 0 Å². The summed E-state index contributed by atoms with van der Waals surface area (Å²) < 4.78 is 0. The van der Waals surface area contributed by atoms with Gasteiger partial charge in [0.2, 0.25) is 0 Å². The molecule has 0 saturated carbocycles. The Morgan fingerprint density at radius 1 is 1.50 bits per heavy atom. The summed E-state index contributed by atoms with van der Waals surface area (Å²) in [6, 6.07) is 5.74. The number of benzene rings is 1. The summed E-state index contributed by atoms with van der Waals surface area (Å²) in [6.45, 7) is 4.14. The number of hydrogen-bond donors (Lipinski definition) is 2. The fourth-order valence-corrected chi connectivity index (χ4v) is 2.92. The summed E-state index contributed by atoms with van der Waals surface area (Å²) in [5.74, 6) is 5.38. The highest BCUT2D eigenvalue weighted by molar-refractivity contribution is 5.62. The van der Waals surface area contributed by atoms with Gasteiger partial charge in [-0.3, -0.25) is 20.9 Å². The second kappa shape index (κ2) is 6.67. The summed E-state index contributed by atoms with van der Waals surface area (Å²) in [4.78, 5) is 12.9. The van der Waals surface area contributed by atoms with Crippen molar-refractivity contribution in [3.63, 3.8) is 0 Å². The number of anilines is 1. The van der Waals surface area contributed by atoms with Gasteiger partial charge in [-0.1, -0.05) is 19.4 Å². The Hall–Kier alpha value is -1.66. The summed E-state index contributed by atoms with van der Waals surface area (Å²) >= 11 is 0. The molecular formula is C14H22N4O2. The second-order valence-electron chi connectivity index (χ2n) is 5.28. The molecule has 1 unspecified atom stereocenters. The van der Waals surface area contributed by atoms with Crippen molar-refractivity contribution >= 4 is 11.4 Å². The van der Waals surface area contributed by atoms with E-state index in [-0.39, 0.29) is 5.69 Å². The van der Waals surface area contributed by atoms with Gasteiger partial charge in [0.15, 0.2) is 0 Å². The number of nitrogen functional groups attached to an aromatic ring is 1. The lowest BCUT2D eigenvalue weighted by Gasteiger charge is -2.35. The SMILES string of the molecule is CCC1CCCCN1Cc1ccc([N+](=O)[O-])c(NN)c1. The van der Waals surface area contributed by atoms with Gasteiger partial charge in [-0.25, -0.2) is 0 Å².